The molecule has 0 aliphatic rings. The maximum atomic E-state index is 4.44. The van der Waals surface area contributed by atoms with Crippen LogP contribution in [0.2, 0.25) is 0 Å². The summed E-state index contributed by atoms with van der Waals surface area (Å²) in [6, 6.07) is 0.529. The molecule has 19 heavy (non-hydrogen) atoms. The topological polar surface area (TPSA) is 33.1 Å². The molecule has 110 valence electrons. The number of aryl methyl sites for hydroxylation is 1. The molecule has 1 rings (SSSR count). The molecule has 1 N–H and O–H groups in total. The van der Waals surface area contributed by atoms with Gasteiger partial charge in [0.1, 0.15) is 5.82 Å². The quantitative estimate of drug-likeness (QED) is 0.704. The van der Waals surface area contributed by atoms with Crippen molar-refractivity contribution in [2.24, 2.45) is 7.05 Å². The highest BCUT2D eigenvalue weighted by atomic mass is 15.1. The maximum Gasteiger partial charge on any atom is 0.109 e. The third-order valence-corrected chi connectivity index (χ3v) is 3.72. The van der Waals surface area contributed by atoms with Gasteiger partial charge in [-0.2, -0.15) is 0 Å². The van der Waals surface area contributed by atoms with Crippen molar-refractivity contribution >= 4 is 0 Å². The zero-order valence-corrected chi connectivity index (χ0v) is 13.0. The van der Waals surface area contributed by atoms with Crippen LogP contribution in [0, 0.1) is 0 Å². The van der Waals surface area contributed by atoms with Gasteiger partial charge in [-0.3, -0.25) is 0 Å². The number of imidazole rings is 1. The summed E-state index contributed by atoms with van der Waals surface area (Å²) < 4.78 is 2.12. The highest BCUT2D eigenvalue weighted by molar-refractivity contribution is 4.94. The lowest BCUT2D eigenvalue weighted by molar-refractivity contribution is 0.279. The maximum absolute atomic E-state index is 4.44. The first kappa shape index (κ1) is 16.2. The fourth-order valence-electron chi connectivity index (χ4n) is 2.32. The van der Waals surface area contributed by atoms with Crippen LogP contribution in [0.5, 0.6) is 0 Å². The van der Waals surface area contributed by atoms with Gasteiger partial charge >= 0.3 is 0 Å². The zero-order valence-electron chi connectivity index (χ0n) is 13.0. The summed E-state index contributed by atoms with van der Waals surface area (Å²) in [7, 11) is 2.07. The second-order valence-electron chi connectivity index (χ2n) is 5.13. The molecule has 1 unspecified atom stereocenters. The number of nitrogens with one attached hydrogen (secondary N) is 1. The predicted molar refractivity (Wildman–Crippen MR) is 81.4 cm³/mol. The van der Waals surface area contributed by atoms with Gasteiger partial charge in [-0.15, -0.1) is 0 Å². The number of nitrogens with zero attached hydrogens (tertiary/aromatic N) is 3. The highest BCUT2D eigenvalue weighted by Crippen LogP contribution is 2.05. The summed E-state index contributed by atoms with van der Waals surface area (Å²) in [4.78, 5) is 6.93. The van der Waals surface area contributed by atoms with Gasteiger partial charge in [-0.1, -0.05) is 20.8 Å². The lowest BCUT2D eigenvalue weighted by Gasteiger charge is -2.23. The van der Waals surface area contributed by atoms with E-state index in [0.717, 1.165) is 26.1 Å². The van der Waals surface area contributed by atoms with Crippen molar-refractivity contribution in [3.8, 4) is 0 Å². The molecule has 0 aliphatic heterocycles. The van der Waals surface area contributed by atoms with Crippen LogP contribution in [0.3, 0.4) is 0 Å². The van der Waals surface area contributed by atoms with E-state index >= 15 is 0 Å². The van der Waals surface area contributed by atoms with Crippen molar-refractivity contribution in [2.75, 3.05) is 26.2 Å². The van der Waals surface area contributed by atoms with E-state index in [1.807, 2.05) is 12.4 Å². The molecule has 1 aromatic heterocycles. The lowest BCUT2D eigenvalue weighted by Crippen LogP contribution is -2.36. The van der Waals surface area contributed by atoms with Crippen LogP contribution in [0.4, 0.5) is 0 Å². The second kappa shape index (κ2) is 9.10. The molecule has 0 amide bonds. The zero-order chi connectivity index (χ0) is 14.1. The summed E-state index contributed by atoms with van der Waals surface area (Å²) >= 11 is 0. The Morgan fingerprint density at radius 3 is 2.58 bits per heavy atom. The Labute approximate surface area is 118 Å². The lowest BCUT2D eigenvalue weighted by atomic mass is 10.1. The fraction of sp³-hybridized carbons (Fsp3) is 0.800. The Balaban J connectivity index is 2.49. The van der Waals surface area contributed by atoms with Crippen molar-refractivity contribution in [1.82, 2.24) is 19.8 Å². The molecule has 0 saturated heterocycles. The van der Waals surface area contributed by atoms with Crippen molar-refractivity contribution in [2.45, 2.75) is 46.1 Å². The van der Waals surface area contributed by atoms with Gasteiger partial charge < -0.3 is 14.8 Å². The van der Waals surface area contributed by atoms with E-state index in [2.05, 4.69) is 47.6 Å². The number of aromatic nitrogens is 2. The van der Waals surface area contributed by atoms with Gasteiger partial charge in [0.2, 0.25) is 0 Å². The summed E-state index contributed by atoms with van der Waals surface area (Å²) in [5.41, 5.74) is 0. The van der Waals surface area contributed by atoms with Gasteiger partial charge in [0, 0.05) is 31.9 Å². The largest absolute Gasteiger partial charge is 0.338 e. The van der Waals surface area contributed by atoms with Gasteiger partial charge in [-0.05, 0) is 39.0 Å². The van der Waals surface area contributed by atoms with E-state index in [1.165, 1.54) is 25.2 Å². The molecule has 0 aromatic carbocycles. The molecule has 1 atom stereocenters. The average Bonchev–Trinajstić information content (AvgIpc) is 2.82. The summed E-state index contributed by atoms with van der Waals surface area (Å²) in [5.74, 6) is 1.17. The minimum Gasteiger partial charge on any atom is -0.338 e. The van der Waals surface area contributed by atoms with Crippen LogP contribution >= 0.6 is 0 Å². The smallest absolute Gasteiger partial charge is 0.109 e. The highest BCUT2D eigenvalue weighted by Gasteiger charge is 2.12. The molecular formula is C15H30N4. The molecule has 1 aromatic rings. The third-order valence-electron chi connectivity index (χ3n) is 3.72. The van der Waals surface area contributed by atoms with E-state index in [9.17, 15) is 0 Å². The van der Waals surface area contributed by atoms with Crippen LogP contribution in [-0.4, -0.2) is 46.7 Å². The summed E-state index contributed by atoms with van der Waals surface area (Å²) in [6.45, 7) is 11.2. The Morgan fingerprint density at radius 1 is 1.32 bits per heavy atom. The number of rotatable bonds is 10. The first-order chi connectivity index (χ1) is 9.21. The fourth-order valence-corrected chi connectivity index (χ4v) is 2.32. The predicted octanol–water partition coefficient (Wildman–Crippen LogP) is 2.06. The van der Waals surface area contributed by atoms with E-state index in [-0.39, 0.29) is 0 Å². The molecule has 0 saturated carbocycles. The monoisotopic (exact) mass is 266 g/mol. The van der Waals surface area contributed by atoms with Gasteiger partial charge in [-0.25, -0.2) is 4.98 Å². The number of hydrogen-bond donors (Lipinski definition) is 1. The SMILES string of the molecule is CCCNC(CCN(CC)CC)Cc1nccn1C. The van der Waals surface area contributed by atoms with Crippen LogP contribution in [-0.2, 0) is 13.5 Å². The molecule has 0 aliphatic carbocycles. The summed E-state index contributed by atoms with van der Waals surface area (Å²) in [5, 5.41) is 3.66. The molecule has 1 heterocycles. The third kappa shape index (κ3) is 5.74. The van der Waals surface area contributed by atoms with Crippen molar-refractivity contribution in [3.63, 3.8) is 0 Å². The molecule has 0 fully saturated rings. The van der Waals surface area contributed by atoms with Crippen molar-refractivity contribution < 1.29 is 0 Å². The molecule has 0 spiro atoms. The minimum absolute atomic E-state index is 0.529. The van der Waals surface area contributed by atoms with Crippen LogP contribution in [0.1, 0.15) is 39.4 Å². The Morgan fingerprint density at radius 2 is 2.05 bits per heavy atom. The van der Waals surface area contributed by atoms with Gasteiger partial charge in [0.15, 0.2) is 0 Å². The second-order valence-corrected chi connectivity index (χ2v) is 5.13. The standard InChI is InChI=1S/C15H30N4/c1-5-9-16-14(8-11-19(6-2)7-3)13-15-17-10-12-18(15)4/h10,12,14,16H,5-9,11,13H2,1-4H3. The normalized spacial score (nSPS) is 13.1. The van der Waals surface area contributed by atoms with E-state index in [4.69, 9.17) is 0 Å². The Kier molecular flexibility index (Phi) is 7.75. The molecule has 0 radical (unpaired) electrons. The van der Waals surface area contributed by atoms with Crippen molar-refractivity contribution in [1.29, 1.82) is 0 Å². The first-order valence-corrected chi connectivity index (χ1v) is 7.63. The average molecular weight is 266 g/mol. The molecule has 0 bridgehead atoms. The van der Waals surface area contributed by atoms with E-state index in [1.54, 1.807) is 0 Å². The van der Waals surface area contributed by atoms with Crippen LogP contribution < -0.4 is 5.32 Å². The first-order valence-electron chi connectivity index (χ1n) is 7.63. The summed E-state index contributed by atoms with van der Waals surface area (Å²) in [6.07, 6.45) is 7.30. The Hall–Kier alpha value is -0.870. The Bertz CT molecular complexity index is 331. The minimum atomic E-state index is 0.529. The van der Waals surface area contributed by atoms with Crippen LogP contribution in [0.25, 0.3) is 0 Å². The van der Waals surface area contributed by atoms with Crippen molar-refractivity contribution in [3.05, 3.63) is 18.2 Å². The molecule has 4 heteroatoms. The molecular weight excluding hydrogens is 236 g/mol. The number of hydrogen-bond acceptors (Lipinski definition) is 3. The van der Waals surface area contributed by atoms with Crippen LogP contribution in [0.15, 0.2) is 12.4 Å². The molecule has 4 nitrogen and oxygen atoms in total. The van der Waals surface area contributed by atoms with E-state index in [0.29, 0.717) is 6.04 Å². The van der Waals surface area contributed by atoms with E-state index < -0.39 is 0 Å². The van der Waals surface area contributed by atoms with Gasteiger partial charge in [0.25, 0.3) is 0 Å². The van der Waals surface area contributed by atoms with Gasteiger partial charge in [0.05, 0.1) is 0 Å².